The smallest absolute Gasteiger partial charge is 0.272 e. The normalized spacial score (nSPS) is 22.0. The zero-order valence-corrected chi connectivity index (χ0v) is 12.1. The van der Waals surface area contributed by atoms with Crippen molar-refractivity contribution in [2.75, 3.05) is 0 Å². The fourth-order valence-corrected chi connectivity index (χ4v) is 2.75. The first kappa shape index (κ1) is 13.7. The van der Waals surface area contributed by atoms with Crippen LogP contribution in [0.25, 0.3) is 5.82 Å². The van der Waals surface area contributed by atoms with Gasteiger partial charge in [-0.25, -0.2) is 4.68 Å². The van der Waals surface area contributed by atoms with Gasteiger partial charge in [-0.05, 0) is 37.0 Å². The van der Waals surface area contributed by atoms with Gasteiger partial charge in [0.15, 0.2) is 11.5 Å². The average Bonchev–Trinajstić information content (AvgIpc) is 3.04. The summed E-state index contributed by atoms with van der Waals surface area (Å²) < 4.78 is 1.61. The lowest BCUT2D eigenvalue weighted by Gasteiger charge is -2.29. The van der Waals surface area contributed by atoms with Crippen molar-refractivity contribution in [3.8, 4) is 5.82 Å². The Bertz CT molecular complexity index is 593. The third-order valence-corrected chi connectivity index (χ3v) is 4.05. The number of amides is 1. The molecule has 1 fully saturated rings. The monoisotopic (exact) mass is 285 g/mol. The number of nitrogens with zero attached hydrogens (tertiary/aromatic N) is 4. The first-order valence-electron chi connectivity index (χ1n) is 7.38. The first-order valence-corrected chi connectivity index (χ1v) is 7.38. The Morgan fingerprint density at radius 3 is 2.81 bits per heavy atom. The number of hydrogen-bond donors (Lipinski definition) is 1. The van der Waals surface area contributed by atoms with Crippen molar-refractivity contribution in [1.82, 2.24) is 25.3 Å². The topological polar surface area (TPSA) is 72.7 Å². The molecule has 2 aromatic heterocycles. The highest BCUT2D eigenvalue weighted by atomic mass is 16.2. The van der Waals surface area contributed by atoms with Gasteiger partial charge in [-0.15, -0.1) is 10.2 Å². The molecule has 1 aliphatic carbocycles. The molecule has 0 aromatic carbocycles. The van der Waals surface area contributed by atoms with Crippen molar-refractivity contribution in [1.29, 1.82) is 0 Å². The summed E-state index contributed by atoms with van der Waals surface area (Å²) in [5, 5.41) is 15.2. The molecule has 0 spiro atoms. The highest BCUT2D eigenvalue weighted by molar-refractivity contribution is 5.92. The van der Waals surface area contributed by atoms with E-state index in [-0.39, 0.29) is 11.9 Å². The van der Waals surface area contributed by atoms with Crippen molar-refractivity contribution >= 4 is 5.91 Å². The summed E-state index contributed by atoms with van der Waals surface area (Å²) in [7, 11) is 0. The van der Waals surface area contributed by atoms with E-state index in [2.05, 4.69) is 27.5 Å². The number of rotatable bonds is 3. The summed E-state index contributed by atoms with van der Waals surface area (Å²) in [4.78, 5) is 12.2. The fraction of sp³-hybridized carbons (Fsp3) is 0.467. The van der Waals surface area contributed by atoms with Gasteiger partial charge in [0, 0.05) is 18.4 Å². The van der Waals surface area contributed by atoms with E-state index >= 15 is 0 Å². The molecule has 1 amide bonds. The third kappa shape index (κ3) is 3.09. The molecule has 21 heavy (non-hydrogen) atoms. The molecule has 2 heterocycles. The second-order valence-corrected chi connectivity index (χ2v) is 5.57. The molecule has 0 bridgehead atoms. The molecule has 6 nitrogen and oxygen atoms in total. The Hall–Kier alpha value is -2.24. The third-order valence-electron chi connectivity index (χ3n) is 4.05. The molecule has 0 aliphatic heterocycles. The summed E-state index contributed by atoms with van der Waals surface area (Å²) in [6.45, 7) is 2.19. The van der Waals surface area contributed by atoms with E-state index < -0.39 is 0 Å². The zero-order chi connectivity index (χ0) is 14.7. The van der Waals surface area contributed by atoms with E-state index in [1.807, 2.05) is 6.07 Å². The molecular formula is C15H19N5O. The maximum atomic E-state index is 12.2. The molecule has 2 aromatic rings. The largest absolute Gasteiger partial charge is 0.348 e. The summed E-state index contributed by atoms with van der Waals surface area (Å²) in [6, 6.07) is 5.50. The molecule has 1 aliphatic rings. The van der Waals surface area contributed by atoms with Crippen LogP contribution in [-0.2, 0) is 0 Å². The van der Waals surface area contributed by atoms with E-state index in [1.165, 1.54) is 19.3 Å². The van der Waals surface area contributed by atoms with Gasteiger partial charge in [0.2, 0.25) is 0 Å². The second-order valence-electron chi connectivity index (χ2n) is 5.57. The number of nitrogens with one attached hydrogen (secondary N) is 1. The SMILES string of the molecule is C[C@@H]1CCCC[C@H]1NC(=O)c1ccc(-n2cccn2)nn1. The van der Waals surface area contributed by atoms with Gasteiger partial charge in [0.25, 0.3) is 5.91 Å². The fourth-order valence-electron chi connectivity index (χ4n) is 2.75. The molecule has 6 heteroatoms. The van der Waals surface area contributed by atoms with Crippen molar-refractivity contribution < 1.29 is 4.79 Å². The van der Waals surface area contributed by atoms with Crippen LogP contribution in [0.4, 0.5) is 0 Å². The van der Waals surface area contributed by atoms with Crippen LogP contribution in [0, 0.1) is 5.92 Å². The highest BCUT2D eigenvalue weighted by Gasteiger charge is 2.23. The van der Waals surface area contributed by atoms with E-state index in [0.717, 1.165) is 6.42 Å². The lowest BCUT2D eigenvalue weighted by atomic mass is 9.86. The van der Waals surface area contributed by atoms with Crippen LogP contribution < -0.4 is 5.32 Å². The number of hydrogen-bond acceptors (Lipinski definition) is 4. The average molecular weight is 285 g/mol. The predicted molar refractivity (Wildman–Crippen MR) is 78.0 cm³/mol. The lowest BCUT2D eigenvalue weighted by Crippen LogP contribution is -2.41. The van der Waals surface area contributed by atoms with Gasteiger partial charge >= 0.3 is 0 Å². The second kappa shape index (κ2) is 6.03. The van der Waals surface area contributed by atoms with Crippen LogP contribution in [0.15, 0.2) is 30.6 Å². The van der Waals surface area contributed by atoms with E-state index in [1.54, 1.807) is 29.2 Å². The van der Waals surface area contributed by atoms with Crippen molar-refractivity contribution in [3.05, 3.63) is 36.3 Å². The molecule has 2 atom stereocenters. The summed E-state index contributed by atoms with van der Waals surface area (Å²) in [5.41, 5.74) is 0.351. The Balaban J connectivity index is 1.67. The quantitative estimate of drug-likeness (QED) is 0.935. The predicted octanol–water partition coefficient (Wildman–Crippen LogP) is 1.97. The zero-order valence-electron chi connectivity index (χ0n) is 12.1. The summed E-state index contributed by atoms with van der Waals surface area (Å²) >= 11 is 0. The highest BCUT2D eigenvalue weighted by Crippen LogP contribution is 2.23. The lowest BCUT2D eigenvalue weighted by molar-refractivity contribution is 0.0904. The van der Waals surface area contributed by atoms with Crippen molar-refractivity contribution in [2.24, 2.45) is 5.92 Å². The van der Waals surface area contributed by atoms with Gasteiger partial charge in [0.05, 0.1) is 0 Å². The van der Waals surface area contributed by atoms with E-state index in [0.29, 0.717) is 17.4 Å². The molecule has 1 saturated carbocycles. The van der Waals surface area contributed by atoms with Crippen LogP contribution in [0.2, 0.25) is 0 Å². The number of carbonyl (C=O) groups is 1. The summed E-state index contributed by atoms with van der Waals surface area (Å²) in [5.74, 6) is 0.981. The first-order chi connectivity index (χ1) is 10.2. The van der Waals surface area contributed by atoms with Gasteiger partial charge in [-0.1, -0.05) is 19.8 Å². The molecule has 0 unspecified atom stereocenters. The molecule has 110 valence electrons. The van der Waals surface area contributed by atoms with Crippen LogP contribution in [0.3, 0.4) is 0 Å². The Morgan fingerprint density at radius 2 is 2.14 bits per heavy atom. The van der Waals surface area contributed by atoms with Crippen LogP contribution in [0.5, 0.6) is 0 Å². The Kier molecular flexibility index (Phi) is 3.94. The minimum absolute atomic E-state index is 0.145. The molecule has 1 N–H and O–H groups in total. The minimum Gasteiger partial charge on any atom is -0.348 e. The number of aromatic nitrogens is 4. The molecular weight excluding hydrogens is 266 g/mol. The van der Waals surface area contributed by atoms with E-state index in [9.17, 15) is 4.79 Å². The summed E-state index contributed by atoms with van der Waals surface area (Å²) in [6.07, 6.45) is 8.12. The van der Waals surface area contributed by atoms with Crippen LogP contribution in [0.1, 0.15) is 43.1 Å². The molecule has 3 rings (SSSR count). The van der Waals surface area contributed by atoms with Gasteiger partial charge < -0.3 is 5.32 Å². The minimum atomic E-state index is -0.145. The van der Waals surface area contributed by atoms with Crippen molar-refractivity contribution in [2.45, 2.75) is 38.6 Å². The van der Waals surface area contributed by atoms with Crippen molar-refractivity contribution in [3.63, 3.8) is 0 Å². The number of carbonyl (C=O) groups excluding carboxylic acids is 1. The Morgan fingerprint density at radius 1 is 1.29 bits per heavy atom. The van der Waals surface area contributed by atoms with Crippen LogP contribution >= 0.6 is 0 Å². The molecule has 0 radical (unpaired) electrons. The van der Waals surface area contributed by atoms with Gasteiger partial charge in [-0.3, -0.25) is 4.79 Å². The molecule has 0 saturated heterocycles. The van der Waals surface area contributed by atoms with Crippen LogP contribution in [-0.4, -0.2) is 31.9 Å². The standard InChI is InChI=1S/C15H19N5O/c1-11-5-2-3-6-12(11)17-15(21)13-7-8-14(19-18-13)20-10-4-9-16-20/h4,7-12H,2-3,5-6H2,1H3,(H,17,21)/t11-,12-/m1/s1. The van der Waals surface area contributed by atoms with E-state index in [4.69, 9.17) is 0 Å². The Labute approximate surface area is 123 Å². The van der Waals surface area contributed by atoms with Gasteiger partial charge in [-0.2, -0.15) is 5.10 Å². The maximum absolute atomic E-state index is 12.2. The van der Waals surface area contributed by atoms with Gasteiger partial charge in [0.1, 0.15) is 0 Å². The maximum Gasteiger partial charge on any atom is 0.272 e.